The van der Waals surface area contributed by atoms with Gasteiger partial charge in [-0.15, -0.1) is 0 Å². The number of carbonyl (C=O) groups excluding carboxylic acids is 1. The number of aryl methyl sites for hydroxylation is 1. The predicted octanol–water partition coefficient (Wildman–Crippen LogP) is 0.797. The maximum absolute atomic E-state index is 12.4. The smallest absolute Gasteiger partial charge is 0.267 e. The van der Waals surface area contributed by atoms with Gasteiger partial charge in [-0.2, -0.15) is 5.10 Å². The van der Waals surface area contributed by atoms with E-state index in [1.165, 1.54) is 11.3 Å². The van der Waals surface area contributed by atoms with Gasteiger partial charge in [0.1, 0.15) is 10.7 Å². The molecule has 8 heteroatoms. The molecule has 7 nitrogen and oxygen atoms in total. The SMILES string of the molecule is CN(Cc1cnn(C)c1)C(=O)c1sc(N(C)C)nc1N. The van der Waals surface area contributed by atoms with Gasteiger partial charge in [-0.1, -0.05) is 11.3 Å². The molecule has 0 radical (unpaired) electrons. The molecule has 0 aliphatic carbocycles. The van der Waals surface area contributed by atoms with Crippen molar-refractivity contribution in [3.63, 3.8) is 0 Å². The summed E-state index contributed by atoms with van der Waals surface area (Å²) in [7, 11) is 7.32. The lowest BCUT2D eigenvalue weighted by atomic mass is 10.3. The maximum Gasteiger partial charge on any atom is 0.267 e. The van der Waals surface area contributed by atoms with Crippen molar-refractivity contribution in [2.45, 2.75) is 6.54 Å². The second-order valence-corrected chi connectivity index (χ2v) is 5.77. The number of nitrogens with zero attached hydrogens (tertiary/aromatic N) is 5. The fraction of sp³-hybridized carbons (Fsp3) is 0.417. The molecule has 20 heavy (non-hydrogen) atoms. The number of carbonyl (C=O) groups is 1. The Morgan fingerprint density at radius 2 is 2.15 bits per heavy atom. The molecular weight excluding hydrogens is 276 g/mol. The Morgan fingerprint density at radius 1 is 1.45 bits per heavy atom. The summed E-state index contributed by atoms with van der Waals surface area (Å²) in [5.41, 5.74) is 6.80. The van der Waals surface area contributed by atoms with Gasteiger partial charge in [-0.05, 0) is 0 Å². The van der Waals surface area contributed by atoms with E-state index in [2.05, 4.69) is 10.1 Å². The minimum atomic E-state index is -0.128. The normalized spacial score (nSPS) is 10.6. The van der Waals surface area contributed by atoms with Crippen molar-refractivity contribution in [1.82, 2.24) is 19.7 Å². The van der Waals surface area contributed by atoms with Gasteiger partial charge in [0.15, 0.2) is 5.13 Å². The molecule has 0 bridgehead atoms. The zero-order chi connectivity index (χ0) is 14.9. The Balaban J connectivity index is 2.14. The Morgan fingerprint density at radius 3 is 2.65 bits per heavy atom. The Labute approximate surface area is 121 Å². The third-order valence-electron chi connectivity index (χ3n) is 2.74. The Hall–Kier alpha value is -2.09. The number of nitrogens with two attached hydrogens (primary N) is 1. The molecule has 0 aliphatic heterocycles. The van der Waals surface area contributed by atoms with Gasteiger partial charge in [0.25, 0.3) is 5.91 Å². The van der Waals surface area contributed by atoms with Crippen LogP contribution in [-0.4, -0.2) is 46.7 Å². The summed E-state index contributed by atoms with van der Waals surface area (Å²) in [6.45, 7) is 0.487. The van der Waals surface area contributed by atoms with Gasteiger partial charge in [0, 0.05) is 46.5 Å². The molecule has 0 fully saturated rings. The molecule has 0 aromatic carbocycles. The monoisotopic (exact) mass is 294 g/mol. The lowest BCUT2D eigenvalue weighted by Crippen LogP contribution is -2.26. The van der Waals surface area contributed by atoms with Crippen LogP contribution in [0.15, 0.2) is 12.4 Å². The fourth-order valence-corrected chi connectivity index (χ4v) is 2.64. The summed E-state index contributed by atoms with van der Waals surface area (Å²) >= 11 is 1.30. The van der Waals surface area contributed by atoms with Crippen LogP contribution in [0.1, 0.15) is 15.2 Å². The zero-order valence-corrected chi connectivity index (χ0v) is 12.8. The van der Waals surface area contributed by atoms with Gasteiger partial charge in [-0.3, -0.25) is 9.48 Å². The second kappa shape index (κ2) is 5.49. The molecule has 0 atom stereocenters. The molecule has 2 heterocycles. The number of thiazole rings is 1. The van der Waals surface area contributed by atoms with Gasteiger partial charge < -0.3 is 15.5 Å². The summed E-state index contributed by atoms with van der Waals surface area (Å²) in [6, 6.07) is 0. The third-order valence-corrected chi connectivity index (χ3v) is 3.97. The molecule has 0 saturated carbocycles. The number of amides is 1. The van der Waals surface area contributed by atoms with Crippen LogP contribution in [0, 0.1) is 0 Å². The summed E-state index contributed by atoms with van der Waals surface area (Å²) < 4.78 is 1.71. The van der Waals surface area contributed by atoms with E-state index in [9.17, 15) is 4.79 Å². The van der Waals surface area contributed by atoms with E-state index in [-0.39, 0.29) is 11.7 Å². The highest BCUT2D eigenvalue weighted by Crippen LogP contribution is 2.27. The fourth-order valence-electron chi connectivity index (χ4n) is 1.74. The average Bonchev–Trinajstić information content (AvgIpc) is 2.95. The first-order valence-electron chi connectivity index (χ1n) is 6.05. The van der Waals surface area contributed by atoms with Crippen molar-refractivity contribution in [2.75, 3.05) is 31.8 Å². The lowest BCUT2D eigenvalue weighted by Gasteiger charge is -2.15. The molecule has 2 N–H and O–H groups in total. The van der Waals surface area contributed by atoms with Crippen molar-refractivity contribution < 1.29 is 4.79 Å². The highest BCUT2D eigenvalue weighted by atomic mass is 32.1. The van der Waals surface area contributed by atoms with E-state index in [1.807, 2.05) is 32.2 Å². The van der Waals surface area contributed by atoms with Crippen LogP contribution in [-0.2, 0) is 13.6 Å². The van der Waals surface area contributed by atoms with Gasteiger partial charge in [0.2, 0.25) is 0 Å². The van der Waals surface area contributed by atoms with Crippen molar-refractivity contribution in [3.8, 4) is 0 Å². The van der Waals surface area contributed by atoms with Crippen LogP contribution in [0.3, 0.4) is 0 Å². The van der Waals surface area contributed by atoms with Crippen LogP contribution >= 0.6 is 11.3 Å². The van der Waals surface area contributed by atoms with Crippen molar-refractivity contribution in [2.24, 2.45) is 7.05 Å². The number of rotatable bonds is 4. The molecular formula is C12H18N6OS. The van der Waals surface area contributed by atoms with Gasteiger partial charge >= 0.3 is 0 Å². The zero-order valence-electron chi connectivity index (χ0n) is 12.0. The first-order chi connectivity index (χ1) is 9.38. The molecule has 2 rings (SSSR count). The summed E-state index contributed by atoms with van der Waals surface area (Å²) in [5, 5.41) is 4.81. The third kappa shape index (κ3) is 2.90. The minimum Gasteiger partial charge on any atom is -0.382 e. The number of anilines is 2. The van der Waals surface area contributed by atoms with Crippen molar-refractivity contribution in [1.29, 1.82) is 0 Å². The van der Waals surface area contributed by atoms with E-state index < -0.39 is 0 Å². The highest BCUT2D eigenvalue weighted by Gasteiger charge is 2.20. The van der Waals surface area contributed by atoms with E-state index >= 15 is 0 Å². The van der Waals surface area contributed by atoms with Crippen molar-refractivity contribution >= 4 is 28.2 Å². The number of hydrogen-bond donors (Lipinski definition) is 1. The van der Waals surface area contributed by atoms with E-state index in [1.54, 1.807) is 22.8 Å². The van der Waals surface area contributed by atoms with E-state index in [0.717, 1.165) is 10.7 Å². The summed E-state index contributed by atoms with van der Waals surface area (Å²) in [4.78, 5) is 20.5. The Bertz CT molecular complexity index is 617. The van der Waals surface area contributed by atoms with E-state index in [4.69, 9.17) is 5.73 Å². The highest BCUT2D eigenvalue weighted by molar-refractivity contribution is 7.18. The summed E-state index contributed by atoms with van der Waals surface area (Å²) in [6.07, 6.45) is 3.62. The second-order valence-electron chi connectivity index (χ2n) is 4.79. The van der Waals surface area contributed by atoms with Crippen molar-refractivity contribution in [3.05, 3.63) is 22.8 Å². The van der Waals surface area contributed by atoms with Crippen LogP contribution in [0.25, 0.3) is 0 Å². The van der Waals surface area contributed by atoms with Crippen LogP contribution in [0.5, 0.6) is 0 Å². The average molecular weight is 294 g/mol. The van der Waals surface area contributed by atoms with Crippen LogP contribution in [0.2, 0.25) is 0 Å². The quantitative estimate of drug-likeness (QED) is 0.902. The molecule has 108 valence electrons. The van der Waals surface area contributed by atoms with E-state index in [0.29, 0.717) is 11.4 Å². The topological polar surface area (TPSA) is 80.3 Å². The number of nitrogen functional groups attached to an aromatic ring is 1. The van der Waals surface area contributed by atoms with Crippen LogP contribution < -0.4 is 10.6 Å². The lowest BCUT2D eigenvalue weighted by molar-refractivity contribution is 0.0790. The molecule has 2 aromatic heterocycles. The molecule has 2 aromatic rings. The molecule has 0 aliphatic rings. The molecule has 0 spiro atoms. The first-order valence-corrected chi connectivity index (χ1v) is 6.86. The van der Waals surface area contributed by atoms with Crippen LogP contribution in [0.4, 0.5) is 10.9 Å². The minimum absolute atomic E-state index is 0.128. The Kier molecular flexibility index (Phi) is 3.93. The predicted molar refractivity (Wildman–Crippen MR) is 79.9 cm³/mol. The number of aromatic nitrogens is 3. The van der Waals surface area contributed by atoms with Gasteiger partial charge in [0.05, 0.1) is 6.20 Å². The van der Waals surface area contributed by atoms with Gasteiger partial charge in [-0.25, -0.2) is 4.98 Å². The first kappa shape index (κ1) is 14.3. The maximum atomic E-state index is 12.4. The summed E-state index contributed by atoms with van der Waals surface area (Å²) in [5.74, 6) is 0.152. The molecule has 0 saturated heterocycles. The number of hydrogen-bond acceptors (Lipinski definition) is 6. The molecule has 1 amide bonds. The standard InChI is InChI=1S/C12H18N6OS/c1-16(2)12-15-10(13)9(20-12)11(19)17(3)6-8-5-14-18(4)7-8/h5,7H,6,13H2,1-4H3. The largest absolute Gasteiger partial charge is 0.382 e. The molecule has 0 unspecified atom stereocenters.